The fraction of sp³-hybridized carbons (Fsp3) is 0.308. The van der Waals surface area contributed by atoms with Gasteiger partial charge in [0.2, 0.25) is 0 Å². The summed E-state index contributed by atoms with van der Waals surface area (Å²) in [7, 11) is 0. The second-order valence-corrected chi connectivity index (χ2v) is 4.96. The summed E-state index contributed by atoms with van der Waals surface area (Å²) in [5.74, 6) is 0.420. The van der Waals surface area contributed by atoms with Crippen molar-refractivity contribution < 1.29 is 4.79 Å². The molecule has 1 aromatic carbocycles. The lowest BCUT2D eigenvalue weighted by atomic mass is 10.1. The number of nitrogens with zero attached hydrogens (tertiary/aromatic N) is 3. The molecule has 94 valence electrons. The Kier molecular flexibility index (Phi) is 3.77. The first-order chi connectivity index (χ1) is 8.61. The van der Waals surface area contributed by atoms with Crippen LogP contribution in [0.25, 0.3) is 11.3 Å². The molecule has 0 spiro atoms. The molecule has 18 heavy (non-hydrogen) atoms. The predicted octanol–water partition coefficient (Wildman–Crippen LogP) is 3.07. The SMILES string of the molecule is CC(C)Cn1nnc(C=O)c1-c1cccc(Cl)c1. The standard InChI is InChI=1S/C13H14ClN3O/c1-9(2)7-17-13(12(8-18)15-16-17)10-4-3-5-11(14)6-10/h3-6,8-9H,7H2,1-2H3. The second kappa shape index (κ2) is 5.31. The van der Waals surface area contributed by atoms with Gasteiger partial charge in [0.1, 0.15) is 0 Å². The van der Waals surface area contributed by atoms with E-state index in [4.69, 9.17) is 11.6 Å². The van der Waals surface area contributed by atoms with E-state index in [0.29, 0.717) is 23.2 Å². The van der Waals surface area contributed by atoms with Crippen molar-refractivity contribution >= 4 is 17.9 Å². The number of hydrogen-bond donors (Lipinski definition) is 0. The third-order valence-corrected chi connectivity index (χ3v) is 2.74. The molecule has 1 aromatic heterocycles. The Morgan fingerprint density at radius 1 is 1.44 bits per heavy atom. The van der Waals surface area contributed by atoms with Crippen LogP contribution in [0.3, 0.4) is 0 Å². The lowest BCUT2D eigenvalue weighted by molar-refractivity contribution is 0.111. The van der Waals surface area contributed by atoms with Gasteiger partial charge in [-0.2, -0.15) is 0 Å². The van der Waals surface area contributed by atoms with Crippen LogP contribution in [0.4, 0.5) is 0 Å². The van der Waals surface area contributed by atoms with Crippen LogP contribution < -0.4 is 0 Å². The minimum absolute atomic E-state index is 0.345. The van der Waals surface area contributed by atoms with Gasteiger partial charge in [-0.1, -0.05) is 42.8 Å². The summed E-state index contributed by atoms with van der Waals surface area (Å²) in [5, 5.41) is 8.55. The summed E-state index contributed by atoms with van der Waals surface area (Å²) in [4.78, 5) is 11.0. The number of rotatable bonds is 4. The van der Waals surface area contributed by atoms with Crippen LogP contribution in [0.5, 0.6) is 0 Å². The Hall–Kier alpha value is -1.68. The molecule has 0 bridgehead atoms. The van der Waals surface area contributed by atoms with Crippen molar-refractivity contribution in [3.63, 3.8) is 0 Å². The Bertz CT molecular complexity index is 563. The highest BCUT2D eigenvalue weighted by molar-refractivity contribution is 6.30. The van der Waals surface area contributed by atoms with E-state index in [1.165, 1.54) is 0 Å². The Balaban J connectivity index is 2.53. The molecule has 2 rings (SSSR count). The van der Waals surface area contributed by atoms with Gasteiger partial charge in [0, 0.05) is 17.1 Å². The van der Waals surface area contributed by atoms with E-state index < -0.39 is 0 Å². The fourth-order valence-electron chi connectivity index (χ4n) is 1.81. The molecule has 0 aliphatic heterocycles. The molecule has 0 saturated heterocycles. The monoisotopic (exact) mass is 263 g/mol. The third-order valence-electron chi connectivity index (χ3n) is 2.51. The first kappa shape index (κ1) is 12.8. The number of carbonyl (C=O) groups is 1. The number of aldehydes is 1. The zero-order valence-corrected chi connectivity index (χ0v) is 11.1. The number of benzene rings is 1. The number of hydrogen-bond acceptors (Lipinski definition) is 3. The van der Waals surface area contributed by atoms with Gasteiger partial charge in [-0.15, -0.1) is 5.10 Å². The quantitative estimate of drug-likeness (QED) is 0.797. The van der Waals surface area contributed by atoms with E-state index >= 15 is 0 Å². The average molecular weight is 264 g/mol. The first-order valence-electron chi connectivity index (χ1n) is 5.76. The maximum atomic E-state index is 11.0. The van der Waals surface area contributed by atoms with Gasteiger partial charge in [0.05, 0.1) is 5.69 Å². The van der Waals surface area contributed by atoms with Crippen molar-refractivity contribution in [3.8, 4) is 11.3 Å². The van der Waals surface area contributed by atoms with Gasteiger partial charge in [-0.25, -0.2) is 4.68 Å². The zero-order chi connectivity index (χ0) is 13.1. The summed E-state index contributed by atoms with van der Waals surface area (Å²) in [6.45, 7) is 4.89. The van der Waals surface area contributed by atoms with Crippen molar-refractivity contribution in [1.29, 1.82) is 0 Å². The van der Waals surface area contributed by atoms with Crippen LogP contribution in [0.2, 0.25) is 5.02 Å². The summed E-state index contributed by atoms with van der Waals surface area (Å²) in [6.07, 6.45) is 0.722. The lowest BCUT2D eigenvalue weighted by Gasteiger charge is -2.09. The molecule has 0 aliphatic rings. The largest absolute Gasteiger partial charge is 0.296 e. The second-order valence-electron chi connectivity index (χ2n) is 4.53. The minimum atomic E-state index is 0.345. The van der Waals surface area contributed by atoms with Crippen LogP contribution in [0.15, 0.2) is 24.3 Å². The van der Waals surface area contributed by atoms with Crippen molar-refractivity contribution in [2.45, 2.75) is 20.4 Å². The highest BCUT2D eigenvalue weighted by atomic mass is 35.5. The van der Waals surface area contributed by atoms with Gasteiger partial charge in [0.25, 0.3) is 0 Å². The molecule has 0 N–H and O–H groups in total. The van der Waals surface area contributed by atoms with Gasteiger partial charge in [0.15, 0.2) is 12.0 Å². The van der Waals surface area contributed by atoms with Crippen LogP contribution in [0.1, 0.15) is 24.3 Å². The number of aromatic nitrogens is 3. The highest BCUT2D eigenvalue weighted by Crippen LogP contribution is 2.24. The molecule has 0 aliphatic carbocycles. The van der Waals surface area contributed by atoms with Crippen molar-refractivity contribution in [3.05, 3.63) is 35.0 Å². The summed E-state index contributed by atoms with van der Waals surface area (Å²) >= 11 is 5.98. The molecule has 0 atom stereocenters. The fourth-order valence-corrected chi connectivity index (χ4v) is 2.00. The molecule has 5 heteroatoms. The maximum absolute atomic E-state index is 11.0. The Labute approximate surface area is 111 Å². The molecule has 0 radical (unpaired) electrons. The van der Waals surface area contributed by atoms with Gasteiger partial charge in [-0.3, -0.25) is 4.79 Å². The molecular formula is C13H14ClN3O. The van der Waals surface area contributed by atoms with Crippen LogP contribution in [0, 0.1) is 5.92 Å². The first-order valence-corrected chi connectivity index (χ1v) is 6.14. The summed E-state index contributed by atoms with van der Waals surface area (Å²) in [5.41, 5.74) is 1.93. The molecule has 0 amide bonds. The normalized spacial score (nSPS) is 10.9. The van der Waals surface area contributed by atoms with Gasteiger partial charge >= 0.3 is 0 Å². The van der Waals surface area contributed by atoms with E-state index in [2.05, 4.69) is 24.2 Å². The third kappa shape index (κ3) is 2.59. The van der Waals surface area contributed by atoms with Crippen LogP contribution in [-0.4, -0.2) is 21.3 Å². The number of halogens is 1. The Morgan fingerprint density at radius 3 is 2.83 bits per heavy atom. The summed E-state index contributed by atoms with van der Waals surface area (Å²) < 4.78 is 1.75. The van der Waals surface area contributed by atoms with Gasteiger partial charge in [-0.05, 0) is 18.1 Å². The highest BCUT2D eigenvalue weighted by Gasteiger charge is 2.15. The van der Waals surface area contributed by atoms with Crippen molar-refractivity contribution in [1.82, 2.24) is 15.0 Å². The van der Waals surface area contributed by atoms with E-state index in [9.17, 15) is 4.79 Å². The lowest BCUT2D eigenvalue weighted by Crippen LogP contribution is -2.08. The average Bonchev–Trinajstić information content (AvgIpc) is 2.71. The maximum Gasteiger partial charge on any atom is 0.172 e. The Morgan fingerprint density at radius 2 is 2.22 bits per heavy atom. The van der Waals surface area contributed by atoms with E-state index in [1.54, 1.807) is 10.7 Å². The van der Waals surface area contributed by atoms with Crippen molar-refractivity contribution in [2.24, 2.45) is 5.92 Å². The van der Waals surface area contributed by atoms with Gasteiger partial charge < -0.3 is 0 Å². The molecule has 0 fully saturated rings. The predicted molar refractivity (Wildman–Crippen MR) is 70.7 cm³/mol. The summed E-state index contributed by atoms with van der Waals surface area (Å²) in [6, 6.07) is 7.35. The topological polar surface area (TPSA) is 47.8 Å². The van der Waals surface area contributed by atoms with Crippen LogP contribution >= 0.6 is 11.6 Å². The van der Waals surface area contributed by atoms with E-state index in [1.807, 2.05) is 18.2 Å². The zero-order valence-electron chi connectivity index (χ0n) is 10.3. The molecule has 1 heterocycles. The minimum Gasteiger partial charge on any atom is -0.296 e. The smallest absolute Gasteiger partial charge is 0.172 e. The number of carbonyl (C=O) groups excluding carboxylic acids is 1. The van der Waals surface area contributed by atoms with E-state index in [0.717, 1.165) is 17.5 Å². The van der Waals surface area contributed by atoms with Crippen molar-refractivity contribution in [2.75, 3.05) is 0 Å². The van der Waals surface area contributed by atoms with Crippen LogP contribution in [-0.2, 0) is 6.54 Å². The molecular weight excluding hydrogens is 250 g/mol. The molecule has 0 saturated carbocycles. The van der Waals surface area contributed by atoms with E-state index in [-0.39, 0.29) is 0 Å². The molecule has 0 unspecified atom stereocenters. The molecule has 2 aromatic rings. The molecule has 4 nitrogen and oxygen atoms in total.